The normalized spacial score (nSPS) is 11.5. The maximum Gasteiger partial charge on any atom is 0.355 e. The maximum atomic E-state index is 12.0. The number of aromatic amines is 1. The number of hydrogen-bond donors (Lipinski definition) is 2. The van der Waals surface area contributed by atoms with Gasteiger partial charge in [0.2, 0.25) is 0 Å². The lowest BCUT2D eigenvalue weighted by atomic mass is 10.1. The summed E-state index contributed by atoms with van der Waals surface area (Å²) >= 11 is 0. The van der Waals surface area contributed by atoms with Crippen LogP contribution < -0.4 is 14.8 Å². The summed E-state index contributed by atoms with van der Waals surface area (Å²) in [6, 6.07) is 8.23. The molecule has 0 fully saturated rings. The van der Waals surface area contributed by atoms with Crippen molar-refractivity contribution in [2.75, 3.05) is 20.8 Å². The zero-order valence-corrected chi connectivity index (χ0v) is 13.8. The van der Waals surface area contributed by atoms with Gasteiger partial charge < -0.3 is 24.5 Å². The molecule has 7 heteroatoms. The second-order valence-corrected chi connectivity index (χ2v) is 5.06. The lowest BCUT2D eigenvalue weighted by molar-refractivity contribution is -0.124. The number of ether oxygens (including phenoxy) is 3. The third-order valence-corrected chi connectivity index (χ3v) is 3.43. The van der Waals surface area contributed by atoms with E-state index in [-0.39, 0.29) is 12.6 Å². The highest BCUT2D eigenvalue weighted by Crippen LogP contribution is 2.29. The zero-order valence-electron chi connectivity index (χ0n) is 13.8. The first-order valence-electron chi connectivity index (χ1n) is 7.37. The highest BCUT2D eigenvalue weighted by atomic mass is 16.5. The minimum Gasteiger partial charge on any atom is -0.497 e. The number of amides is 1. The largest absolute Gasteiger partial charge is 0.497 e. The van der Waals surface area contributed by atoms with Gasteiger partial charge in [0.05, 0.1) is 20.3 Å². The molecule has 1 aromatic heterocycles. The summed E-state index contributed by atoms with van der Waals surface area (Å²) in [7, 11) is 3.12. The van der Waals surface area contributed by atoms with Gasteiger partial charge in [0.25, 0.3) is 5.91 Å². The van der Waals surface area contributed by atoms with E-state index >= 15 is 0 Å². The number of aromatic nitrogens is 1. The molecule has 0 aliphatic heterocycles. The van der Waals surface area contributed by atoms with E-state index < -0.39 is 11.9 Å². The van der Waals surface area contributed by atoms with E-state index in [9.17, 15) is 9.59 Å². The van der Waals surface area contributed by atoms with Crippen LogP contribution in [0.1, 0.15) is 29.0 Å². The van der Waals surface area contributed by atoms with Crippen molar-refractivity contribution < 1.29 is 23.8 Å². The van der Waals surface area contributed by atoms with Gasteiger partial charge in [0.1, 0.15) is 17.2 Å². The molecule has 24 heavy (non-hydrogen) atoms. The minimum absolute atomic E-state index is 0.297. The first kappa shape index (κ1) is 17.4. The number of carbonyl (C=O) groups excluding carboxylic acids is 2. The fourth-order valence-electron chi connectivity index (χ4n) is 2.20. The van der Waals surface area contributed by atoms with Crippen molar-refractivity contribution in [3.8, 4) is 11.5 Å². The number of benzene rings is 1. The third kappa shape index (κ3) is 4.28. The van der Waals surface area contributed by atoms with Gasteiger partial charge in [-0.25, -0.2) is 4.79 Å². The van der Waals surface area contributed by atoms with Crippen molar-refractivity contribution >= 4 is 11.9 Å². The molecule has 0 spiro atoms. The summed E-state index contributed by atoms with van der Waals surface area (Å²) in [5.41, 5.74) is 1.06. The second-order valence-electron chi connectivity index (χ2n) is 5.06. The van der Waals surface area contributed by atoms with Gasteiger partial charge in [-0.05, 0) is 37.3 Å². The van der Waals surface area contributed by atoms with Crippen LogP contribution in [0.2, 0.25) is 0 Å². The molecule has 0 radical (unpaired) electrons. The zero-order chi connectivity index (χ0) is 17.5. The predicted octanol–water partition coefficient (Wildman–Crippen LogP) is 2.07. The Balaban J connectivity index is 1.95. The molecule has 2 rings (SSSR count). The van der Waals surface area contributed by atoms with E-state index in [2.05, 4.69) is 10.3 Å². The Morgan fingerprint density at radius 2 is 2.00 bits per heavy atom. The standard InChI is InChI=1S/C17H20N2O5/c1-11(13-9-12(22-2)6-7-15(13)23-3)19-16(20)10-24-17(21)14-5-4-8-18-14/h4-9,11,18H,10H2,1-3H3,(H,19,20)/t11-/m0/s1. The molecule has 1 heterocycles. The van der Waals surface area contributed by atoms with Crippen LogP contribution in [0.5, 0.6) is 11.5 Å². The van der Waals surface area contributed by atoms with Gasteiger partial charge >= 0.3 is 5.97 Å². The topological polar surface area (TPSA) is 89.7 Å². The van der Waals surface area contributed by atoms with Gasteiger partial charge in [-0.1, -0.05) is 0 Å². The predicted molar refractivity (Wildman–Crippen MR) is 87.2 cm³/mol. The van der Waals surface area contributed by atoms with Gasteiger partial charge in [0.15, 0.2) is 6.61 Å². The van der Waals surface area contributed by atoms with E-state index in [1.165, 1.54) is 0 Å². The second kappa shape index (κ2) is 8.05. The quantitative estimate of drug-likeness (QED) is 0.758. The van der Waals surface area contributed by atoms with Crippen molar-refractivity contribution in [1.82, 2.24) is 10.3 Å². The van der Waals surface area contributed by atoms with E-state index in [4.69, 9.17) is 14.2 Å². The van der Waals surface area contributed by atoms with Crippen LogP contribution in [0, 0.1) is 0 Å². The molecule has 0 unspecified atom stereocenters. The van der Waals surface area contributed by atoms with Gasteiger partial charge in [0, 0.05) is 11.8 Å². The molecule has 7 nitrogen and oxygen atoms in total. The van der Waals surface area contributed by atoms with E-state index in [1.807, 2.05) is 6.92 Å². The first-order chi connectivity index (χ1) is 11.5. The van der Waals surface area contributed by atoms with Crippen molar-refractivity contribution in [2.24, 2.45) is 0 Å². The Bertz CT molecular complexity index is 697. The van der Waals surface area contributed by atoms with Crippen LogP contribution >= 0.6 is 0 Å². The Morgan fingerprint density at radius 3 is 2.62 bits per heavy atom. The number of nitrogens with one attached hydrogen (secondary N) is 2. The minimum atomic E-state index is -0.582. The molecule has 2 N–H and O–H groups in total. The number of esters is 1. The molecule has 128 valence electrons. The highest BCUT2D eigenvalue weighted by molar-refractivity contribution is 5.89. The molecule has 1 aromatic carbocycles. The van der Waals surface area contributed by atoms with Gasteiger partial charge in [-0.15, -0.1) is 0 Å². The van der Waals surface area contributed by atoms with Gasteiger partial charge in [-0.3, -0.25) is 4.79 Å². The summed E-state index contributed by atoms with van der Waals surface area (Å²) in [6.45, 7) is 1.44. The molecule has 2 aromatic rings. The lowest BCUT2D eigenvalue weighted by Gasteiger charge is -2.18. The summed E-state index contributed by atoms with van der Waals surface area (Å²) in [5, 5.41) is 2.76. The highest BCUT2D eigenvalue weighted by Gasteiger charge is 2.17. The fraction of sp³-hybridized carbons (Fsp3) is 0.294. The number of rotatable bonds is 7. The average Bonchev–Trinajstić information content (AvgIpc) is 3.13. The van der Waals surface area contributed by atoms with E-state index in [0.717, 1.165) is 5.56 Å². The monoisotopic (exact) mass is 332 g/mol. The Kier molecular flexibility index (Phi) is 5.83. The molecule has 1 atom stereocenters. The third-order valence-electron chi connectivity index (χ3n) is 3.43. The fourth-order valence-corrected chi connectivity index (χ4v) is 2.20. The Morgan fingerprint density at radius 1 is 1.21 bits per heavy atom. The van der Waals surface area contributed by atoms with Crippen LogP contribution in [0.4, 0.5) is 0 Å². The van der Waals surface area contributed by atoms with Crippen molar-refractivity contribution in [2.45, 2.75) is 13.0 Å². The molecule has 0 bridgehead atoms. The van der Waals surface area contributed by atoms with Crippen LogP contribution in [-0.2, 0) is 9.53 Å². The number of carbonyl (C=O) groups is 2. The molecular formula is C17H20N2O5. The number of methoxy groups -OCH3 is 2. The smallest absolute Gasteiger partial charge is 0.355 e. The Labute approximate surface area is 139 Å². The molecule has 0 saturated heterocycles. The molecule has 1 amide bonds. The summed E-state index contributed by atoms with van der Waals surface area (Å²) in [4.78, 5) is 26.4. The van der Waals surface area contributed by atoms with E-state index in [1.54, 1.807) is 50.7 Å². The molecular weight excluding hydrogens is 312 g/mol. The lowest BCUT2D eigenvalue weighted by Crippen LogP contribution is -2.31. The van der Waals surface area contributed by atoms with Crippen LogP contribution in [-0.4, -0.2) is 37.7 Å². The summed E-state index contributed by atoms with van der Waals surface area (Å²) in [5.74, 6) is 0.297. The average molecular weight is 332 g/mol. The van der Waals surface area contributed by atoms with Gasteiger partial charge in [-0.2, -0.15) is 0 Å². The number of H-pyrrole nitrogens is 1. The van der Waals surface area contributed by atoms with Crippen molar-refractivity contribution in [1.29, 1.82) is 0 Å². The SMILES string of the molecule is COc1ccc(OC)c([C@H](C)NC(=O)COC(=O)c2ccc[nH]2)c1. The van der Waals surface area contributed by atoms with Crippen LogP contribution in [0.25, 0.3) is 0 Å². The summed E-state index contributed by atoms with van der Waals surface area (Å²) < 4.78 is 15.4. The molecule has 0 aliphatic rings. The van der Waals surface area contributed by atoms with Crippen LogP contribution in [0.15, 0.2) is 36.5 Å². The van der Waals surface area contributed by atoms with Crippen molar-refractivity contribution in [3.05, 3.63) is 47.8 Å². The molecule has 0 aliphatic carbocycles. The maximum absolute atomic E-state index is 12.0. The molecule has 0 saturated carbocycles. The summed E-state index contributed by atoms with van der Waals surface area (Å²) in [6.07, 6.45) is 1.60. The van der Waals surface area contributed by atoms with Crippen LogP contribution in [0.3, 0.4) is 0 Å². The van der Waals surface area contributed by atoms with Crippen molar-refractivity contribution in [3.63, 3.8) is 0 Å². The Hall–Kier alpha value is -2.96. The first-order valence-corrected chi connectivity index (χ1v) is 7.37. The number of hydrogen-bond acceptors (Lipinski definition) is 5. The van der Waals surface area contributed by atoms with E-state index in [0.29, 0.717) is 17.2 Å².